The summed E-state index contributed by atoms with van der Waals surface area (Å²) in [5, 5.41) is 4.30. The number of aromatic amines is 1. The Kier molecular flexibility index (Phi) is 4.50. The largest absolute Gasteiger partial charge is 0.306 e. The number of aryl methyl sites for hydroxylation is 1. The number of nitrogens with one attached hydrogen (secondary N) is 1. The Hall–Kier alpha value is -2.87. The average molecular weight is 391 g/mol. The van der Waals surface area contributed by atoms with Crippen molar-refractivity contribution < 1.29 is 0 Å². The smallest absolute Gasteiger partial charge is 0.254 e. The van der Waals surface area contributed by atoms with Crippen molar-refractivity contribution in [1.82, 2.24) is 34.6 Å². The number of rotatable bonds is 4. The van der Waals surface area contributed by atoms with Gasteiger partial charge >= 0.3 is 0 Å². The van der Waals surface area contributed by atoms with Gasteiger partial charge in [0, 0.05) is 42.0 Å². The lowest BCUT2D eigenvalue weighted by atomic mass is 9.77. The minimum atomic E-state index is -0.0597. The number of pyridine rings is 1. The third-order valence-corrected chi connectivity index (χ3v) is 6.32. The van der Waals surface area contributed by atoms with Crippen LogP contribution in [0.25, 0.3) is 11.4 Å². The van der Waals surface area contributed by atoms with Gasteiger partial charge < -0.3 is 4.98 Å². The number of piperidine rings is 1. The molecule has 1 atom stereocenters. The molecule has 4 heterocycles. The highest BCUT2D eigenvalue weighted by molar-refractivity contribution is 5.54. The number of hydrogen-bond acceptors (Lipinski definition) is 6. The highest BCUT2D eigenvalue weighted by atomic mass is 16.1. The Labute approximate surface area is 169 Å². The van der Waals surface area contributed by atoms with Crippen LogP contribution in [0.15, 0.2) is 35.6 Å². The topological polar surface area (TPSA) is 92.6 Å². The maximum absolute atomic E-state index is 12.8. The summed E-state index contributed by atoms with van der Waals surface area (Å²) in [6, 6.07) is 3.80. The zero-order valence-corrected chi connectivity index (χ0v) is 16.6. The molecular weight excluding hydrogens is 366 g/mol. The van der Waals surface area contributed by atoms with Gasteiger partial charge in [0.2, 0.25) is 0 Å². The second kappa shape index (κ2) is 7.18. The zero-order valence-electron chi connectivity index (χ0n) is 16.6. The van der Waals surface area contributed by atoms with Gasteiger partial charge in [-0.25, -0.2) is 14.6 Å². The van der Waals surface area contributed by atoms with Crippen molar-refractivity contribution in [2.45, 2.75) is 51.1 Å². The molecule has 0 bridgehead atoms. The van der Waals surface area contributed by atoms with E-state index >= 15 is 0 Å². The summed E-state index contributed by atoms with van der Waals surface area (Å²) in [5.74, 6) is 1.61. The number of likely N-dealkylation sites (tertiary alicyclic amines) is 1. The van der Waals surface area contributed by atoms with Gasteiger partial charge in [-0.2, -0.15) is 5.10 Å². The Morgan fingerprint density at radius 2 is 2.24 bits per heavy atom. The molecule has 150 valence electrons. The molecule has 3 aromatic rings. The quantitative estimate of drug-likeness (QED) is 0.730. The molecule has 5 rings (SSSR count). The van der Waals surface area contributed by atoms with Crippen LogP contribution in [-0.2, 0) is 24.9 Å². The van der Waals surface area contributed by atoms with E-state index in [1.807, 2.05) is 16.8 Å². The summed E-state index contributed by atoms with van der Waals surface area (Å²) >= 11 is 0. The SMILES string of the molecule is CCn1ncnc1CN1CCCC2(CCc3c2nc(-c2cccnc2)[nH]c3=O)C1. The van der Waals surface area contributed by atoms with Crippen molar-refractivity contribution >= 4 is 0 Å². The second-order valence-electron chi connectivity index (χ2n) is 8.07. The van der Waals surface area contributed by atoms with E-state index < -0.39 is 0 Å². The summed E-state index contributed by atoms with van der Waals surface area (Å²) in [6.45, 7) is 5.62. The standard InChI is InChI=1S/C21H25N7O/c1-2-28-17(23-14-24-28)12-27-10-4-7-21(13-27)8-6-16-18(21)25-19(26-20(16)29)15-5-3-9-22-11-15/h3,5,9,11,14H,2,4,6-8,10,12-13H2,1H3,(H,25,26,29). The molecule has 0 radical (unpaired) electrons. The van der Waals surface area contributed by atoms with Gasteiger partial charge in [-0.3, -0.25) is 14.7 Å². The second-order valence-corrected chi connectivity index (χ2v) is 8.07. The first-order valence-corrected chi connectivity index (χ1v) is 10.3. The summed E-state index contributed by atoms with van der Waals surface area (Å²) < 4.78 is 1.95. The van der Waals surface area contributed by atoms with E-state index in [1.54, 1.807) is 18.7 Å². The summed E-state index contributed by atoms with van der Waals surface area (Å²) in [7, 11) is 0. The molecule has 8 nitrogen and oxygen atoms in total. The molecule has 1 unspecified atom stereocenters. The lowest BCUT2D eigenvalue weighted by Gasteiger charge is -2.40. The Morgan fingerprint density at radius 1 is 1.31 bits per heavy atom. The van der Waals surface area contributed by atoms with Gasteiger partial charge in [-0.15, -0.1) is 0 Å². The monoisotopic (exact) mass is 391 g/mol. The first kappa shape index (κ1) is 18.2. The number of hydrogen-bond donors (Lipinski definition) is 1. The maximum atomic E-state index is 12.8. The predicted molar refractivity (Wildman–Crippen MR) is 108 cm³/mol. The minimum absolute atomic E-state index is 0.00595. The van der Waals surface area contributed by atoms with Crippen LogP contribution in [0, 0.1) is 0 Å². The van der Waals surface area contributed by atoms with Gasteiger partial charge in [-0.1, -0.05) is 0 Å². The van der Waals surface area contributed by atoms with E-state index in [2.05, 4.69) is 31.9 Å². The van der Waals surface area contributed by atoms with Crippen LogP contribution in [0.3, 0.4) is 0 Å². The maximum Gasteiger partial charge on any atom is 0.254 e. The van der Waals surface area contributed by atoms with Crippen LogP contribution in [0.1, 0.15) is 43.3 Å². The number of aromatic nitrogens is 6. The normalized spacial score (nSPS) is 21.6. The highest BCUT2D eigenvalue weighted by Gasteiger charge is 2.44. The van der Waals surface area contributed by atoms with Crippen LogP contribution in [0.4, 0.5) is 0 Å². The molecule has 3 aromatic heterocycles. The van der Waals surface area contributed by atoms with Gasteiger partial charge in [0.1, 0.15) is 18.0 Å². The first-order chi connectivity index (χ1) is 14.2. The van der Waals surface area contributed by atoms with E-state index in [-0.39, 0.29) is 11.0 Å². The first-order valence-electron chi connectivity index (χ1n) is 10.3. The van der Waals surface area contributed by atoms with Crippen molar-refractivity contribution in [3.8, 4) is 11.4 Å². The van der Waals surface area contributed by atoms with Crippen LogP contribution in [0.5, 0.6) is 0 Å². The van der Waals surface area contributed by atoms with Crippen LogP contribution in [-0.4, -0.2) is 47.7 Å². The van der Waals surface area contributed by atoms with Gasteiger partial charge in [0.15, 0.2) is 0 Å². The third kappa shape index (κ3) is 3.17. The van der Waals surface area contributed by atoms with Crippen molar-refractivity contribution in [3.05, 3.63) is 58.3 Å². The van der Waals surface area contributed by atoms with E-state index in [1.165, 1.54) is 0 Å². The minimum Gasteiger partial charge on any atom is -0.306 e. The van der Waals surface area contributed by atoms with Crippen molar-refractivity contribution in [3.63, 3.8) is 0 Å². The van der Waals surface area contributed by atoms with E-state index in [0.717, 1.165) is 74.5 Å². The molecule has 0 saturated carbocycles. The number of H-pyrrole nitrogens is 1. The molecule has 8 heteroatoms. The molecule has 29 heavy (non-hydrogen) atoms. The van der Waals surface area contributed by atoms with Crippen LogP contribution >= 0.6 is 0 Å². The van der Waals surface area contributed by atoms with Crippen molar-refractivity contribution in [2.75, 3.05) is 13.1 Å². The lowest BCUT2D eigenvalue weighted by molar-refractivity contribution is 0.132. The molecule has 1 aliphatic carbocycles. The molecule has 1 aliphatic heterocycles. The molecule has 0 amide bonds. The molecule has 2 aliphatic rings. The Morgan fingerprint density at radius 3 is 3.07 bits per heavy atom. The van der Waals surface area contributed by atoms with Crippen molar-refractivity contribution in [2.24, 2.45) is 0 Å². The Balaban J connectivity index is 1.48. The molecular formula is C21H25N7O. The fraction of sp³-hybridized carbons (Fsp3) is 0.476. The molecule has 1 saturated heterocycles. The van der Waals surface area contributed by atoms with E-state index in [0.29, 0.717) is 5.82 Å². The predicted octanol–water partition coefficient (Wildman–Crippen LogP) is 1.92. The van der Waals surface area contributed by atoms with Gasteiger partial charge in [0.25, 0.3) is 5.56 Å². The molecule has 1 fully saturated rings. The summed E-state index contributed by atoms with van der Waals surface area (Å²) in [6.07, 6.45) is 9.04. The van der Waals surface area contributed by atoms with E-state index in [4.69, 9.17) is 4.98 Å². The fourth-order valence-corrected chi connectivity index (χ4v) is 4.92. The fourth-order valence-electron chi connectivity index (χ4n) is 4.92. The third-order valence-electron chi connectivity index (χ3n) is 6.32. The van der Waals surface area contributed by atoms with Crippen molar-refractivity contribution in [1.29, 1.82) is 0 Å². The van der Waals surface area contributed by atoms with Gasteiger partial charge in [-0.05, 0) is 51.3 Å². The lowest BCUT2D eigenvalue weighted by Crippen LogP contribution is -2.45. The number of fused-ring (bicyclic) bond motifs is 2. The number of nitrogens with zero attached hydrogens (tertiary/aromatic N) is 6. The van der Waals surface area contributed by atoms with Gasteiger partial charge in [0.05, 0.1) is 12.2 Å². The molecule has 0 aromatic carbocycles. The summed E-state index contributed by atoms with van der Waals surface area (Å²) in [5.41, 5.74) is 2.63. The van der Waals surface area contributed by atoms with Crippen LogP contribution in [0.2, 0.25) is 0 Å². The molecule has 1 N–H and O–H groups in total. The van der Waals surface area contributed by atoms with E-state index in [9.17, 15) is 4.79 Å². The summed E-state index contributed by atoms with van der Waals surface area (Å²) in [4.78, 5) is 31.8. The molecule has 1 spiro atoms. The van der Waals surface area contributed by atoms with Crippen LogP contribution < -0.4 is 5.56 Å². The highest BCUT2D eigenvalue weighted by Crippen LogP contribution is 2.43. The zero-order chi connectivity index (χ0) is 19.8. The average Bonchev–Trinajstić information content (AvgIpc) is 3.34. The Bertz CT molecular complexity index is 1070.